The van der Waals surface area contributed by atoms with Crippen LogP contribution in [0.15, 0.2) is 46.1 Å². The first-order valence-corrected chi connectivity index (χ1v) is 11.8. The fraction of sp³-hybridized carbons (Fsp3) is 0.222. The number of hydrogen-bond donors (Lipinski definition) is 1. The number of aryl methyl sites for hydroxylation is 1. The zero-order valence-electron chi connectivity index (χ0n) is 15.2. The van der Waals surface area contributed by atoms with Crippen molar-refractivity contribution in [2.45, 2.75) is 17.6 Å². The molecule has 3 aromatic rings. The summed E-state index contributed by atoms with van der Waals surface area (Å²) in [6, 6.07) is 9.02. The smallest absolute Gasteiger partial charge is 0.252 e. The predicted octanol–water partition coefficient (Wildman–Crippen LogP) is 4.02. The van der Waals surface area contributed by atoms with Crippen molar-refractivity contribution in [2.75, 3.05) is 18.9 Å². The molecule has 148 valence electrons. The third-order valence-electron chi connectivity index (χ3n) is 3.96. The Labute approximate surface area is 176 Å². The van der Waals surface area contributed by atoms with Crippen molar-refractivity contribution >= 4 is 55.3 Å². The number of nitrogens with zero attached hydrogens (tertiary/aromatic N) is 2. The lowest BCUT2D eigenvalue weighted by Gasteiger charge is -2.14. The number of rotatable bonds is 7. The Bertz CT molecular complexity index is 1080. The molecule has 0 fully saturated rings. The van der Waals surface area contributed by atoms with Gasteiger partial charge in [-0.05, 0) is 29.5 Å². The Morgan fingerprint density at radius 2 is 2.07 bits per heavy atom. The minimum Gasteiger partial charge on any atom is -0.301 e. The van der Waals surface area contributed by atoms with Gasteiger partial charge in [0.25, 0.3) is 10.0 Å². The molecule has 28 heavy (non-hydrogen) atoms. The molecule has 1 aromatic carbocycles. The van der Waals surface area contributed by atoms with Gasteiger partial charge < -0.3 is 5.32 Å². The number of benzene rings is 1. The van der Waals surface area contributed by atoms with Crippen LogP contribution in [0, 0.1) is 6.92 Å². The monoisotopic (exact) mass is 455 g/mol. The van der Waals surface area contributed by atoms with Gasteiger partial charge >= 0.3 is 0 Å². The maximum absolute atomic E-state index is 12.4. The fourth-order valence-corrected chi connectivity index (χ4v) is 5.86. The van der Waals surface area contributed by atoms with Crippen molar-refractivity contribution in [3.05, 3.63) is 62.9 Å². The number of thiophene rings is 1. The maximum atomic E-state index is 12.4. The van der Waals surface area contributed by atoms with E-state index in [2.05, 4.69) is 10.3 Å². The molecule has 0 aliphatic rings. The summed E-state index contributed by atoms with van der Waals surface area (Å²) in [7, 11) is -2.29. The molecule has 0 spiro atoms. The van der Waals surface area contributed by atoms with E-state index in [-0.39, 0.29) is 10.8 Å². The molecule has 0 unspecified atom stereocenters. The normalized spacial score (nSPS) is 11.7. The van der Waals surface area contributed by atoms with E-state index in [0.717, 1.165) is 36.7 Å². The molecule has 1 amide bonds. The molecule has 0 radical (unpaired) electrons. The Balaban J connectivity index is 1.62. The lowest BCUT2D eigenvalue weighted by Crippen LogP contribution is -2.34. The van der Waals surface area contributed by atoms with Crippen molar-refractivity contribution in [2.24, 2.45) is 0 Å². The number of anilines is 1. The number of carbonyl (C=O) groups is 1. The van der Waals surface area contributed by atoms with Crippen LogP contribution in [0.1, 0.15) is 16.0 Å². The highest BCUT2D eigenvalue weighted by atomic mass is 35.5. The van der Waals surface area contributed by atoms with Gasteiger partial charge in [-0.25, -0.2) is 13.4 Å². The lowest BCUT2D eigenvalue weighted by molar-refractivity contribution is -0.116. The number of aromatic nitrogens is 1. The molecule has 6 nitrogen and oxygen atoms in total. The van der Waals surface area contributed by atoms with E-state index >= 15 is 0 Å². The molecule has 1 N–H and O–H groups in total. The van der Waals surface area contributed by atoms with E-state index in [9.17, 15) is 13.2 Å². The quantitative estimate of drug-likeness (QED) is 0.583. The van der Waals surface area contributed by atoms with E-state index < -0.39 is 15.9 Å². The maximum Gasteiger partial charge on any atom is 0.252 e. The van der Waals surface area contributed by atoms with Crippen LogP contribution in [0.5, 0.6) is 0 Å². The molecule has 2 heterocycles. The summed E-state index contributed by atoms with van der Waals surface area (Å²) >= 11 is 8.78. The first kappa shape index (κ1) is 20.9. The SMILES string of the molecule is Cc1cccc(Cc2cnc(NC(=O)CN(C)S(=O)(=O)c3cccs3)s2)c1Cl. The summed E-state index contributed by atoms with van der Waals surface area (Å²) in [4.78, 5) is 17.4. The van der Waals surface area contributed by atoms with E-state index in [0.29, 0.717) is 11.6 Å². The standard InChI is InChI=1S/C18H18ClN3O3S3/c1-12-5-3-6-13(17(12)19)9-14-10-20-18(27-14)21-15(23)11-22(2)28(24,25)16-7-4-8-26-16/h3-8,10H,9,11H2,1-2H3,(H,20,21,23). The van der Waals surface area contributed by atoms with Crippen molar-refractivity contribution in [1.82, 2.24) is 9.29 Å². The first-order valence-electron chi connectivity index (χ1n) is 8.26. The second kappa shape index (κ2) is 8.71. The largest absolute Gasteiger partial charge is 0.301 e. The summed E-state index contributed by atoms with van der Waals surface area (Å²) < 4.78 is 26.0. The van der Waals surface area contributed by atoms with Crippen molar-refractivity contribution in [3.8, 4) is 0 Å². The third kappa shape index (κ3) is 4.79. The van der Waals surface area contributed by atoms with Gasteiger partial charge in [-0.1, -0.05) is 35.9 Å². The summed E-state index contributed by atoms with van der Waals surface area (Å²) in [6.45, 7) is 1.66. The molecule has 0 atom stereocenters. The van der Waals surface area contributed by atoms with Crippen LogP contribution < -0.4 is 5.32 Å². The number of halogens is 1. The number of nitrogens with one attached hydrogen (secondary N) is 1. The Kier molecular flexibility index (Phi) is 6.51. The van der Waals surface area contributed by atoms with Crippen LogP contribution in [0.25, 0.3) is 0 Å². The van der Waals surface area contributed by atoms with Gasteiger partial charge in [0.05, 0.1) is 6.54 Å². The Hall–Kier alpha value is -1.78. The molecule has 0 saturated carbocycles. The van der Waals surface area contributed by atoms with Gasteiger partial charge in [0, 0.05) is 29.6 Å². The molecular weight excluding hydrogens is 438 g/mol. The average Bonchev–Trinajstić information content (AvgIpc) is 3.31. The topological polar surface area (TPSA) is 79.4 Å². The Morgan fingerprint density at radius 3 is 2.79 bits per heavy atom. The summed E-state index contributed by atoms with van der Waals surface area (Å²) in [5.41, 5.74) is 2.00. The van der Waals surface area contributed by atoms with Crippen LogP contribution in [0.4, 0.5) is 5.13 Å². The van der Waals surface area contributed by atoms with Gasteiger partial charge in [0.2, 0.25) is 5.91 Å². The van der Waals surface area contributed by atoms with Crippen LogP contribution >= 0.6 is 34.3 Å². The molecule has 0 saturated heterocycles. The number of amides is 1. The molecule has 3 rings (SSSR count). The number of carbonyl (C=O) groups excluding carboxylic acids is 1. The van der Waals surface area contributed by atoms with E-state index in [1.165, 1.54) is 24.5 Å². The number of sulfonamides is 1. The summed E-state index contributed by atoms with van der Waals surface area (Å²) in [6.07, 6.45) is 2.30. The zero-order chi connectivity index (χ0) is 20.3. The first-order chi connectivity index (χ1) is 13.3. The van der Waals surface area contributed by atoms with E-state index in [4.69, 9.17) is 11.6 Å². The molecular formula is C18H18ClN3O3S3. The van der Waals surface area contributed by atoms with Crippen LogP contribution in [-0.4, -0.2) is 37.2 Å². The van der Waals surface area contributed by atoms with Crippen LogP contribution in [0.2, 0.25) is 5.02 Å². The molecule has 0 aliphatic carbocycles. The second-order valence-corrected chi connectivity index (χ2v) is 10.8. The van der Waals surface area contributed by atoms with Crippen molar-refractivity contribution < 1.29 is 13.2 Å². The predicted molar refractivity (Wildman–Crippen MR) is 114 cm³/mol. The second-order valence-electron chi connectivity index (χ2n) is 6.10. The zero-order valence-corrected chi connectivity index (χ0v) is 18.4. The average molecular weight is 456 g/mol. The highest BCUT2D eigenvalue weighted by molar-refractivity contribution is 7.91. The molecule has 10 heteroatoms. The minimum atomic E-state index is -3.67. The van der Waals surface area contributed by atoms with Gasteiger partial charge in [-0.15, -0.1) is 22.7 Å². The highest BCUT2D eigenvalue weighted by Crippen LogP contribution is 2.27. The van der Waals surface area contributed by atoms with Gasteiger partial charge in [0.1, 0.15) is 4.21 Å². The molecule has 0 bridgehead atoms. The van der Waals surface area contributed by atoms with Gasteiger partial charge in [0.15, 0.2) is 5.13 Å². The number of hydrogen-bond acceptors (Lipinski definition) is 6. The highest BCUT2D eigenvalue weighted by Gasteiger charge is 2.24. The van der Waals surface area contributed by atoms with Crippen LogP contribution in [-0.2, 0) is 21.2 Å². The number of likely N-dealkylation sites (N-methyl/N-ethyl adjacent to an activating group) is 1. The molecule has 0 aliphatic heterocycles. The molecule has 2 aromatic heterocycles. The third-order valence-corrected chi connectivity index (χ3v) is 8.59. The summed E-state index contributed by atoms with van der Waals surface area (Å²) in [5.74, 6) is -0.447. The van der Waals surface area contributed by atoms with E-state index in [1.54, 1.807) is 17.6 Å². The van der Waals surface area contributed by atoms with Crippen molar-refractivity contribution in [1.29, 1.82) is 0 Å². The minimum absolute atomic E-state index is 0.203. The Morgan fingerprint density at radius 1 is 1.29 bits per heavy atom. The van der Waals surface area contributed by atoms with E-state index in [1.807, 2.05) is 25.1 Å². The fourth-order valence-electron chi connectivity index (χ4n) is 2.49. The van der Waals surface area contributed by atoms with Gasteiger partial charge in [-0.3, -0.25) is 4.79 Å². The summed E-state index contributed by atoms with van der Waals surface area (Å²) in [5, 5.41) is 5.48. The lowest BCUT2D eigenvalue weighted by atomic mass is 10.1. The van der Waals surface area contributed by atoms with Crippen LogP contribution in [0.3, 0.4) is 0 Å². The van der Waals surface area contributed by atoms with Gasteiger partial charge in [-0.2, -0.15) is 4.31 Å². The van der Waals surface area contributed by atoms with Crippen molar-refractivity contribution in [3.63, 3.8) is 0 Å². The number of thiazole rings is 1.